The van der Waals surface area contributed by atoms with E-state index in [2.05, 4.69) is 4.98 Å². The molecule has 6 rings (SSSR count). The van der Waals surface area contributed by atoms with E-state index >= 15 is 0 Å². The van der Waals surface area contributed by atoms with Crippen molar-refractivity contribution in [2.24, 2.45) is 17.8 Å². The number of hydrogen-bond donors (Lipinski definition) is 1. The fourth-order valence-electron chi connectivity index (χ4n) is 5.93. The van der Waals surface area contributed by atoms with Crippen molar-refractivity contribution in [3.63, 3.8) is 0 Å². The first-order valence-corrected chi connectivity index (χ1v) is 8.39. The Morgan fingerprint density at radius 1 is 0.955 bits per heavy atom. The van der Waals surface area contributed by atoms with Gasteiger partial charge >= 0.3 is 5.69 Å². The average Bonchev–Trinajstić information content (AvgIpc) is 2.45. The molecule has 4 nitrogen and oxygen atoms in total. The van der Waals surface area contributed by atoms with E-state index in [9.17, 15) is 9.59 Å². The second-order valence-electron chi connectivity index (χ2n) is 7.76. The zero-order valence-corrected chi connectivity index (χ0v) is 12.5. The van der Waals surface area contributed by atoms with Crippen LogP contribution in [0.15, 0.2) is 33.9 Å². The monoisotopic (exact) mass is 296 g/mol. The summed E-state index contributed by atoms with van der Waals surface area (Å²) in [5.74, 6) is 2.14. The summed E-state index contributed by atoms with van der Waals surface area (Å²) in [7, 11) is 0. The van der Waals surface area contributed by atoms with Crippen molar-refractivity contribution in [2.45, 2.75) is 44.1 Å². The molecule has 0 unspecified atom stereocenters. The van der Waals surface area contributed by atoms with Gasteiger partial charge in [0.05, 0.1) is 16.4 Å². The van der Waals surface area contributed by atoms with Gasteiger partial charge in [-0.15, -0.1) is 0 Å². The van der Waals surface area contributed by atoms with Crippen LogP contribution < -0.4 is 11.2 Å². The molecule has 0 radical (unpaired) electrons. The van der Waals surface area contributed by atoms with Crippen LogP contribution in [-0.2, 0) is 5.54 Å². The molecular formula is C18H20N2O2. The summed E-state index contributed by atoms with van der Waals surface area (Å²) in [5.41, 5.74) is 0.120. The van der Waals surface area contributed by atoms with Crippen LogP contribution in [0.3, 0.4) is 0 Å². The average molecular weight is 296 g/mol. The van der Waals surface area contributed by atoms with Crippen molar-refractivity contribution in [1.29, 1.82) is 0 Å². The Bertz CT molecular complexity index is 841. The summed E-state index contributed by atoms with van der Waals surface area (Å²) in [6.07, 6.45) is 6.96. The summed E-state index contributed by atoms with van der Waals surface area (Å²) in [4.78, 5) is 28.6. The molecule has 114 valence electrons. The van der Waals surface area contributed by atoms with E-state index < -0.39 is 0 Å². The van der Waals surface area contributed by atoms with Crippen molar-refractivity contribution in [2.75, 3.05) is 0 Å². The number of fused-ring (bicyclic) bond motifs is 1. The van der Waals surface area contributed by atoms with Crippen molar-refractivity contribution < 1.29 is 0 Å². The highest BCUT2D eigenvalue weighted by molar-refractivity contribution is 5.76. The number of nitrogens with one attached hydrogen (secondary N) is 1. The highest BCUT2D eigenvalue weighted by Crippen LogP contribution is 2.58. The Morgan fingerprint density at radius 2 is 1.55 bits per heavy atom. The van der Waals surface area contributed by atoms with E-state index in [4.69, 9.17) is 0 Å². The summed E-state index contributed by atoms with van der Waals surface area (Å²) in [6.45, 7) is 0. The van der Waals surface area contributed by atoms with Crippen LogP contribution in [-0.4, -0.2) is 9.55 Å². The lowest BCUT2D eigenvalue weighted by atomic mass is 9.53. The Hall–Kier alpha value is -1.84. The van der Waals surface area contributed by atoms with Crippen LogP contribution in [0.2, 0.25) is 0 Å². The van der Waals surface area contributed by atoms with Crippen LogP contribution >= 0.6 is 0 Å². The number of rotatable bonds is 1. The fourth-order valence-corrected chi connectivity index (χ4v) is 5.93. The molecule has 4 heteroatoms. The lowest BCUT2D eigenvalue weighted by Gasteiger charge is -2.56. The van der Waals surface area contributed by atoms with Gasteiger partial charge < -0.3 is 4.98 Å². The number of para-hydroxylation sites is 1. The van der Waals surface area contributed by atoms with Gasteiger partial charge in [-0.05, 0) is 68.4 Å². The van der Waals surface area contributed by atoms with Gasteiger partial charge in [0.1, 0.15) is 0 Å². The predicted molar refractivity (Wildman–Crippen MR) is 85.0 cm³/mol. The molecule has 0 aliphatic heterocycles. The normalized spacial score (nSPS) is 36.1. The molecule has 4 bridgehead atoms. The maximum atomic E-state index is 13.0. The van der Waals surface area contributed by atoms with Crippen LogP contribution in [0.4, 0.5) is 0 Å². The largest absolute Gasteiger partial charge is 0.329 e. The molecule has 0 amide bonds. The molecule has 0 saturated heterocycles. The first-order valence-electron chi connectivity index (χ1n) is 8.39. The molecule has 1 heterocycles. The Kier molecular flexibility index (Phi) is 2.37. The SMILES string of the molecule is O=c1[nH]c2ccccc2c(=O)n1C12CC3CC(CC(C3)C1)C2. The minimum Gasteiger partial charge on any atom is -0.307 e. The molecule has 0 atom stereocenters. The predicted octanol–water partition coefficient (Wildman–Crippen LogP) is 2.62. The molecule has 1 aromatic carbocycles. The first-order chi connectivity index (χ1) is 10.6. The van der Waals surface area contributed by atoms with Gasteiger partial charge in [0, 0.05) is 0 Å². The standard InChI is InChI=1S/C18H20N2O2/c21-16-14-3-1-2-4-15(14)19-17(22)20(16)18-8-11-5-12(9-18)7-13(6-11)10-18/h1-4,11-13H,5-10H2,(H,19,22). The summed E-state index contributed by atoms with van der Waals surface area (Å²) in [5, 5.41) is 0.637. The number of benzene rings is 1. The van der Waals surface area contributed by atoms with Crippen LogP contribution in [0.5, 0.6) is 0 Å². The minimum absolute atomic E-state index is 0.0960. The van der Waals surface area contributed by atoms with Gasteiger partial charge in [-0.25, -0.2) is 4.79 Å². The van der Waals surface area contributed by atoms with Crippen molar-refractivity contribution in [3.8, 4) is 0 Å². The number of hydrogen-bond acceptors (Lipinski definition) is 2. The third-order valence-electron chi connectivity index (χ3n) is 6.29. The molecule has 22 heavy (non-hydrogen) atoms. The third-order valence-corrected chi connectivity index (χ3v) is 6.29. The Morgan fingerprint density at radius 3 is 2.18 bits per heavy atom. The van der Waals surface area contributed by atoms with E-state index in [-0.39, 0.29) is 16.8 Å². The van der Waals surface area contributed by atoms with E-state index in [1.165, 1.54) is 19.3 Å². The molecular weight excluding hydrogens is 276 g/mol. The van der Waals surface area contributed by atoms with Crippen molar-refractivity contribution in [1.82, 2.24) is 9.55 Å². The van der Waals surface area contributed by atoms with Gasteiger partial charge in [0.2, 0.25) is 0 Å². The Balaban J connectivity index is 1.77. The molecule has 0 spiro atoms. The van der Waals surface area contributed by atoms with E-state index in [1.807, 2.05) is 24.3 Å². The number of aromatic amines is 1. The highest BCUT2D eigenvalue weighted by atomic mass is 16.2. The van der Waals surface area contributed by atoms with Crippen LogP contribution in [0.1, 0.15) is 38.5 Å². The molecule has 1 N–H and O–H groups in total. The molecule has 4 aliphatic carbocycles. The summed E-state index contributed by atoms with van der Waals surface area (Å²) >= 11 is 0. The number of nitrogens with zero attached hydrogens (tertiary/aromatic N) is 1. The lowest BCUT2D eigenvalue weighted by molar-refractivity contribution is -0.0467. The molecule has 2 aromatic rings. The van der Waals surface area contributed by atoms with Gasteiger partial charge in [-0.1, -0.05) is 12.1 Å². The third kappa shape index (κ3) is 1.58. The fraction of sp³-hybridized carbons (Fsp3) is 0.556. The molecule has 4 fully saturated rings. The zero-order valence-electron chi connectivity index (χ0n) is 12.5. The van der Waals surface area contributed by atoms with E-state index in [0.29, 0.717) is 28.7 Å². The quantitative estimate of drug-likeness (QED) is 0.879. The van der Waals surface area contributed by atoms with Crippen LogP contribution in [0.25, 0.3) is 10.9 Å². The second-order valence-corrected chi connectivity index (χ2v) is 7.76. The van der Waals surface area contributed by atoms with Gasteiger partial charge in [0.25, 0.3) is 5.56 Å². The first kappa shape index (κ1) is 12.7. The topological polar surface area (TPSA) is 54.9 Å². The zero-order chi connectivity index (χ0) is 14.9. The van der Waals surface area contributed by atoms with Crippen LogP contribution in [0, 0.1) is 17.8 Å². The van der Waals surface area contributed by atoms with E-state index in [1.54, 1.807) is 4.57 Å². The maximum absolute atomic E-state index is 13.0. The highest BCUT2D eigenvalue weighted by Gasteiger charge is 2.53. The van der Waals surface area contributed by atoms with Crippen molar-refractivity contribution >= 4 is 10.9 Å². The number of H-pyrrole nitrogens is 1. The van der Waals surface area contributed by atoms with Gasteiger partial charge in [-0.2, -0.15) is 0 Å². The summed E-state index contributed by atoms with van der Waals surface area (Å²) in [6, 6.07) is 7.35. The molecule has 4 saturated carbocycles. The number of aromatic nitrogens is 2. The van der Waals surface area contributed by atoms with Gasteiger partial charge in [-0.3, -0.25) is 9.36 Å². The molecule has 1 aromatic heterocycles. The van der Waals surface area contributed by atoms with E-state index in [0.717, 1.165) is 19.3 Å². The summed E-state index contributed by atoms with van der Waals surface area (Å²) < 4.78 is 1.60. The maximum Gasteiger partial charge on any atom is 0.329 e. The minimum atomic E-state index is -0.219. The van der Waals surface area contributed by atoms with Crippen molar-refractivity contribution in [3.05, 3.63) is 45.1 Å². The smallest absolute Gasteiger partial charge is 0.307 e. The lowest BCUT2D eigenvalue weighted by Crippen LogP contribution is -2.58. The second kappa shape index (κ2) is 4.12. The Labute approximate surface area is 128 Å². The van der Waals surface area contributed by atoms with Gasteiger partial charge in [0.15, 0.2) is 0 Å². The molecule has 4 aliphatic rings.